The molecule has 1 N–H and O–H groups in total. The molecule has 21 heavy (non-hydrogen) atoms. The lowest BCUT2D eigenvalue weighted by atomic mass is 9.70. The van der Waals surface area contributed by atoms with Gasteiger partial charge in [-0.25, -0.2) is 0 Å². The van der Waals surface area contributed by atoms with Gasteiger partial charge >= 0.3 is 6.36 Å². The summed E-state index contributed by atoms with van der Waals surface area (Å²) in [5, 5.41) is 10.8. The average molecular weight is 302 g/mol. The minimum Gasteiger partial charge on any atom is -0.406 e. The second-order valence-corrected chi connectivity index (χ2v) is 6.25. The molecular weight excluding hydrogens is 281 g/mol. The molecule has 1 saturated carbocycles. The highest BCUT2D eigenvalue weighted by Gasteiger charge is 2.38. The van der Waals surface area contributed by atoms with E-state index in [1.54, 1.807) is 12.1 Å². The number of hydrogen-bond acceptors (Lipinski definition) is 2. The molecule has 1 aromatic rings. The molecule has 118 valence electrons. The van der Waals surface area contributed by atoms with Crippen LogP contribution in [0.3, 0.4) is 0 Å². The first-order chi connectivity index (χ1) is 9.68. The van der Waals surface area contributed by atoms with E-state index in [-0.39, 0.29) is 11.7 Å². The van der Waals surface area contributed by atoms with E-state index >= 15 is 0 Å². The number of halogens is 3. The molecule has 1 aromatic carbocycles. The van der Waals surface area contributed by atoms with E-state index in [4.69, 9.17) is 0 Å². The summed E-state index contributed by atoms with van der Waals surface area (Å²) in [4.78, 5) is 0. The lowest BCUT2D eigenvalue weighted by molar-refractivity contribution is -0.274. The van der Waals surface area contributed by atoms with E-state index in [0.717, 1.165) is 24.8 Å². The predicted octanol–water partition coefficient (Wildman–Crippen LogP) is 4.31. The van der Waals surface area contributed by atoms with E-state index in [2.05, 4.69) is 11.7 Å². The fourth-order valence-corrected chi connectivity index (χ4v) is 3.11. The molecule has 0 amide bonds. The van der Waals surface area contributed by atoms with Gasteiger partial charge in [-0.2, -0.15) is 0 Å². The Morgan fingerprint density at radius 2 is 1.86 bits per heavy atom. The molecule has 1 aliphatic carbocycles. The normalized spacial score (nSPS) is 30.2. The Kier molecular flexibility index (Phi) is 4.51. The molecule has 0 bridgehead atoms. The first-order valence-electron chi connectivity index (χ1n) is 7.25. The van der Waals surface area contributed by atoms with E-state index in [1.807, 2.05) is 6.92 Å². The first kappa shape index (κ1) is 16.1. The van der Waals surface area contributed by atoms with Crippen LogP contribution in [0.25, 0.3) is 0 Å². The Balaban J connectivity index is 2.03. The number of benzene rings is 1. The van der Waals surface area contributed by atoms with Crippen molar-refractivity contribution in [2.45, 2.75) is 51.5 Å². The zero-order valence-electron chi connectivity index (χ0n) is 12.3. The maximum Gasteiger partial charge on any atom is 0.573 e. The largest absolute Gasteiger partial charge is 0.573 e. The Morgan fingerprint density at radius 1 is 1.24 bits per heavy atom. The van der Waals surface area contributed by atoms with Gasteiger partial charge in [-0.3, -0.25) is 0 Å². The summed E-state index contributed by atoms with van der Waals surface area (Å²) in [6.07, 6.45) is -1.51. The second kappa shape index (κ2) is 5.87. The Hall–Kier alpha value is -1.23. The molecule has 5 heteroatoms. The van der Waals surface area contributed by atoms with Crippen LogP contribution in [0, 0.1) is 11.8 Å². The Labute approximate surface area is 122 Å². The van der Waals surface area contributed by atoms with Crippen molar-refractivity contribution >= 4 is 0 Å². The van der Waals surface area contributed by atoms with Gasteiger partial charge in [-0.1, -0.05) is 26.0 Å². The zero-order valence-corrected chi connectivity index (χ0v) is 12.3. The molecule has 0 heterocycles. The molecule has 0 spiro atoms. The fraction of sp³-hybridized carbons (Fsp3) is 0.625. The molecule has 2 rings (SSSR count). The third kappa shape index (κ3) is 4.37. The fourth-order valence-electron chi connectivity index (χ4n) is 3.11. The van der Waals surface area contributed by atoms with Crippen LogP contribution in [0.5, 0.6) is 5.75 Å². The number of ether oxygens (including phenoxy) is 1. The third-order valence-corrected chi connectivity index (χ3v) is 4.41. The van der Waals surface area contributed by atoms with E-state index < -0.39 is 12.0 Å². The molecule has 1 fully saturated rings. The standard InChI is InChI=1S/C16H21F3O2/c1-11-7-8-15(20,12(2)9-11)10-13-3-5-14(6-4-13)21-16(17,18)19/h3-6,11-12,20H,7-10H2,1-2H3. The van der Waals surface area contributed by atoms with Gasteiger partial charge in [-0.15, -0.1) is 13.2 Å². The molecule has 0 saturated heterocycles. The van der Waals surface area contributed by atoms with Crippen molar-refractivity contribution < 1.29 is 23.0 Å². The van der Waals surface area contributed by atoms with Crippen molar-refractivity contribution in [3.8, 4) is 5.75 Å². The van der Waals surface area contributed by atoms with Gasteiger partial charge in [0.15, 0.2) is 0 Å². The first-order valence-corrected chi connectivity index (χ1v) is 7.25. The summed E-state index contributed by atoms with van der Waals surface area (Å²) in [6, 6.07) is 5.76. The summed E-state index contributed by atoms with van der Waals surface area (Å²) in [5.41, 5.74) is 0.0623. The van der Waals surface area contributed by atoms with E-state index in [0.29, 0.717) is 12.3 Å². The van der Waals surface area contributed by atoms with Crippen molar-refractivity contribution in [2.75, 3.05) is 0 Å². The van der Waals surface area contributed by atoms with Crippen molar-refractivity contribution in [2.24, 2.45) is 11.8 Å². The van der Waals surface area contributed by atoms with Crippen molar-refractivity contribution in [3.05, 3.63) is 29.8 Å². The highest BCUT2D eigenvalue weighted by atomic mass is 19.4. The summed E-state index contributed by atoms with van der Waals surface area (Å²) >= 11 is 0. The highest BCUT2D eigenvalue weighted by molar-refractivity contribution is 5.28. The van der Waals surface area contributed by atoms with Crippen LogP contribution >= 0.6 is 0 Å². The van der Waals surface area contributed by atoms with Gasteiger partial charge in [-0.05, 0) is 48.8 Å². The maximum atomic E-state index is 12.1. The molecular formula is C16H21F3O2. The summed E-state index contributed by atoms with van der Waals surface area (Å²) in [7, 11) is 0. The SMILES string of the molecule is CC1CCC(O)(Cc2ccc(OC(F)(F)F)cc2)C(C)C1. The van der Waals surface area contributed by atoms with Crippen LogP contribution in [0.2, 0.25) is 0 Å². The van der Waals surface area contributed by atoms with Crippen LogP contribution in [-0.4, -0.2) is 17.1 Å². The van der Waals surface area contributed by atoms with Crippen LogP contribution < -0.4 is 4.74 Å². The minimum atomic E-state index is -4.67. The quantitative estimate of drug-likeness (QED) is 0.901. The summed E-state index contributed by atoms with van der Waals surface area (Å²) in [5.74, 6) is 0.568. The summed E-state index contributed by atoms with van der Waals surface area (Å²) in [6.45, 7) is 4.22. The van der Waals surface area contributed by atoms with Gasteiger partial charge < -0.3 is 9.84 Å². The van der Waals surface area contributed by atoms with Crippen molar-refractivity contribution in [1.29, 1.82) is 0 Å². The van der Waals surface area contributed by atoms with Gasteiger partial charge in [0.2, 0.25) is 0 Å². The number of aliphatic hydroxyl groups is 1. The van der Waals surface area contributed by atoms with Gasteiger partial charge in [0.25, 0.3) is 0 Å². The number of alkyl halides is 3. The molecule has 1 aliphatic rings. The smallest absolute Gasteiger partial charge is 0.406 e. The van der Waals surface area contributed by atoms with Crippen molar-refractivity contribution in [3.63, 3.8) is 0 Å². The highest BCUT2D eigenvalue weighted by Crippen LogP contribution is 2.39. The lowest BCUT2D eigenvalue weighted by Crippen LogP contribution is -2.43. The van der Waals surface area contributed by atoms with E-state index in [1.165, 1.54) is 12.1 Å². The van der Waals surface area contributed by atoms with Gasteiger partial charge in [0.1, 0.15) is 5.75 Å². The monoisotopic (exact) mass is 302 g/mol. The van der Waals surface area contributed by atoms with E-state index in [9.17, 15) is 18.3 Å². The Bertz CT molecular complexity index is 469. The predicted molar refractivity (Wildman–Crippen MR) is 74.0 cm³/mol. The van der Waals surface area contributed by atoms with Crippen LogP contribution in [-0.2, 0) is 6.42 Å². The lowest BCUT2D eigenvalue weighted by Gasteiger charge is -2.41. The molecule has 0 aliphatic heterocycles. The minimum absolute atomic E-state index is 0.187. The maximum absolute atomic E-state index is 12.1. The second-order valence-electron chi connectivity index (χ2n) is 6.25. The molecule has 2 nitrogen and oxygen atoms in total. The third-order valence-electron chi connectivity index (χ3n) is 4.41. The van der Waals surface area contributed by atoms with Gasteiger partial charge in [0, 0.05) is 6.42 Å². The van der Waals surface area contributed by atoms with Crippen molar-refractivity contribution in [1.82, 2.24) is 0 Å². The zero-order chi connectivity index (χ0) is 15.7. The molecule has 3 unspecified atom stereocenters. The molecule has 3 atom stereocenters. The number of hydrogen-bond donors (Lipinski definition) is 1. The molecule has 0 radical (unpaired) electrons. The van der Waals surface area contributed by atoms with Gasteiger partial charge in [0.05, 0.1) is 5.60 Å². The number of rotatable bonds is 3. The van der Waals surface area contributed by atoms with Crippen LogP contribution in [0.15, 0.2) is 24.3 Å². The Morgan fingerprint density at radius 3 is 2.38 bits per heavy atom. The summed E-state index contributed by atoms with van der Waals surface area (Å²) < 4.78 is 40.1. The topological polar surface area (TPSA) is 29.5 Å². The van der Waals surface area contributed by atoms with Crippen LogP contribution in [0.4, 0.5) is 13.2 Å². The molecule has 0 aromatic heterocycles. The average Bonchev–Trinajstić information content (AvgIpc) is 2.36. The van der Waals surface area contributed by atoms with Crippen LogP contribution in [0.1, 0.15) is 38.7 Å².